The first-order chi connectivity index (χ1) is 10.6. The number of piperidine rings is 1. The Kier molecular flexibility index (Phi) is 8.37. The molecule has 1 aliphatic rings. The van der Waals surface area contributed by atoms with E-state index in [9.17, 15) is 4.79 Å². The second-order valence-electron chi connectivity index (χ2n) is 6.02. The fourth-order valence-corrected chi connectivity index (χ4v) is 3.14. The molecule has 1 aromatic carbocycles. The molecule has 130 valence electrons. The van der Waals surface area contributed by atoms with Crippen LogP contribution < -0.4 is 15.8 Å². The minimum atomic E-state index is 0. The van der Waals surface area contributed by atoms with Crippen LogP contribution in [0.5, 0.6) is 5.75 Å². The van der Waals surface area contributed by atoms with Gasteiger partial charge in [-0.05, 0) is 43.0 Å². The van der Waals surface area contributed by atoms with E-state index in [1.807, 2.05) is 24.3 Å². The number of nitrogens with zero attached hydrogens (tertiary/aromatic N) is 1. The summed E-state index contributed by atoms with van der Waals surface area (Å²) in [6.45, 7) is 4.74. The Morgan fingerprint density at radius 2 is 2.26 bits per heavy atom. The third-order valence-electron chi connectivity index (χ3n) is 4.44. The Bertz CT molecular complexity index is 498. The number of ether oxygens (including phenoxy) is 1. The van der Waals surface area contributed by atoms with Gasteiger partial charge in [0.05, 0.1) is 13.7 Å². The highest BCUT2D eigenvalue weighted by atomic mass is 35.5. The van der Waals surface area contributed by atoms with Crippen LogP contribution in [0.25, 0.3) is 0 Å². The number of carbonyl (C=O) groups is 1. The monoisotopic (exact) mass is 341 g/mol. The normalized spacial score (nSPS) is 21.3. The van der Waals surface area contributed by atoms with Crippen molar-refractivity contribution < 1.29 is 9.53 Å². The molecule has 1 aliphatic heterocycles. The molecule has 0 bridgehead atoms. The summed E-state index contributed by atoms with van der Waals surface area (Å²) >= 11 is 0. The number of hydrogen-bond acceptors (Lipinski definition) is 4. The number of carbonyl (C=O) groups excluding carboxylic acids is 1. The summed E-state index contributed by atoms with van der Waals surface area (Å²) in [5, 5.41) is 2.98. The lowest BCUT2D eigenvalue weighted by Crippen LogP contribution is -2.51. The number of nitrogens with one attached hydrogen (secondary N) is 1. The van der Waals surface area contributed by atoms with Crippen LogP contribution in [0, 0.1) is 5.92 Å². The van der Waals surface area contributed by atoms with E-state index in [-0.39, 0.29) is 18.3 Å². The lowest BCUT2D eigenvalue weighted by molar-refractivity contribution is -0.123. The largest absolute Gasteiger partial charge is 0.497 e. The SMILES string of the molecule is COc1cccc(CNC(=O)CN2CCCC(C)C2CN)c1.Cl. The standard InChI is InChI=1S/C17H27N3O2.ClH/c1-13-5-4-8-20(16(13)10-18)12-17(21)19-11-14-6-3-7-15(9-14)22-2;/h3,6-7,9,13,16H,4-5,8,10-12,18H2,1-2H3,(H,19,21);1H. The second kappa shape index (κ2) is 9.75. The Hall–Kier alpha value is -1.30. The van der Waals surface area contributed by atoms with Gasteiger partial charge in [0.2, 0.25) is 5.91 Å². The molecule has 1 amide bonds. The third-order valence-corrected chi connectivity index (χ3v) is 4.44. The zero-order valence-electron chi connectivity index (χ0n) is 14.0. The zero-order chi connectivity index (χ0) is 15.9. The minimum Gasteiger partial charge on any atom is -0.497 e. The number of likely N-dealkylation sites (tertiary alicyclic amines) is 1. The van der Waals surface area contributed by atoms with Gasteiger partial charge in [0.15, 0.2) is 0 Å². The smallest absolute Gasteiger partial charge is 0.234 e. The molecule has 1 fully saturated rings. The van der Waals surface area contributed by atoms with Gasteiger partial charge in [0, 0.05) is 19.1 Å². The summed E-state index contributed by atoms with van der Waals surface area (Å²) in [7, 11) is 1.64. The predicted molar refractivity (Wildman–Crippen MR) is 94.9 cm³/mol. The van der Waals surface area contributed by atoms with Crippen LogP contribution in [0.3, 0.4) is 0 Å². The number of hydrogen-bond donors (Lipinski definition) is 2. The number of rotatable bonds is 6. The van der Waals surface area contributed by atoms with Crippen LogP contribution in [0.1, 0.15) is 25.3 Å². The Morgan fingerprint density at radius 1 is 1.48 bits per heavy atom. The zero-order valence-corrected chi connectivity index (χ0v) is 14.8. The summed E-state index contributed by atoms with van der Waals surface area (Å²) in [4.78, 5) is 14.4. The van der Waals surface area contributed by atoms with Gasteiger partial charge >= 0.3 is 0 Å². The van der Waals surface area contributed by atoms with Crippen molar-refractivity contribution in [3.63, 3.8) is 0 Å². The molecule has 2 rings (SSSR count). The first-order valence-electron chi connectivity index (χ1n) is 7.97. The lowest BCUT2D eigenvalue weighted by atomic mass is 9.91. The van der Waals surface area contributed by atoms with Crippen LogP contribution in [0.15, 0.2) is 24.3 Å². The van der Waals surface area contributed by atoms with E-state index in [1.165, 1.54) is 6.42 Å². The molecule has 6 heteroatoms. The quantitative estimate of drug-likeness (QED) is 0.827. The van der Waals surface area contributed by atoms with E-state index >= 15 is 0 Å². The van der Waals surface area contributed by atoms with Crippen molar-refractivity contribution in [2.24, 2.45) is 11.7 Å². The topological polar surface area (TPSA) is 67.6 Å². The van der Waals surface area contributed by atoms with Gasteiger partial charge in [-0.1, -0.05) is 19.1 Å². The van der Waals surface area contributed by atoms with E-state index in [1.54, 1.807) is 7.11 Å². The molecule has 0 aromatic heterocycles. The number of methoxy groups -OCH3 is 1. The highest BCUT2D eigenvalue weighted by Gasteiger charge is 2.28. The fraction of sp³-hybridized carbons (Fsp3) is 0.588. The number of nitrogens with two attached hydrogens (primary N) is 1. The van der Waals surface area contributed by atoms with Gasteiger partial charge in [-0.3, -0.25) is 9.69 Å². The molecule has 3 N–H and O–H groups in total. The second-order valence-corrected chi connectivity index (χ2v) is 6.02. The highest BCUT2D eigenvalue weighted by Crippen LogP contribution is 2.22. The molecule has 2 unspecified atom stereocenters. The maximum absolute atomic E-state index is 12.2. The van der Waals surface area contributed by atoms with Gasteiger partial charge in [0.25, 0.3) is 0 Å². The van der Waals surface area contributed by atoms with Crippen molar-refractivity contribution in [1.29, 1.82) is 0 Å². The molecular formula is C17H28ClN3O2. The van der Waals surface area contributed by atoms with Gasteiger partial charge in [0.1, 0.15) is 5.75 Å². The highest BCUT2D eigenvalue weighted by molar-refractivity contribution is 5.85. The van der Waals surface area contributed by atoms with E-state index in [0.29, 0.717) is 31.6 Å². The lowest BCUT2D eigenvalue weighted by Gasteiger charge is -2.38. The van der Waals surface area contributed by atoms with Gasteiger partial charge in [-0.2, -0.15) is 0 Å². The number of benzene rings is 1. The molecule has 2 atom stereocenters. The summed E-state index contributed by atoms with van der Waals surface area (Å²) < 4.78 is 5.19. The average Bonchev–Trinajstić information content (AvgIpc) is 2.53. The first kappa shape index (κ1) is 19.7. The summed E-state index contributed by atoms with van der Waals surface area (Å²) in [6.07, 6.45) is 2.34. The molecule has 23 heavy (non-hydrogen) atoms. The molecule has 0 saturated carbocycles. The molecule has 1 heterocycles. The van der Waals surface area contributed by atoms with Gasteiger partial charge in [-0.25, -0.2) is 0 Å². The average molecular weight is 342 g/mol. The number of amides is 1. The van der Waals surface area contributed by atoms with E-state index < -0.39 is 0 Å². The fourth-order valence-electron chi connectivity index (χ4n) is 3.14. The predicted octanol–water partition coefficient (Wildman–Crippen LogP) is 1.79. The number of halogens is 1. The molecule has 0 spiro atoms. The van der Waals surface area contributed by atoms with Crippen molar-refractivity contribution in [2.75, 3.05) is 26.7 Å². The van der Waals surface area contributed by atoms with Crippen molar-refractivity contribution in [1.82, 2.24) is 10.2 Å². The Balaban J connectivity index is 0.00000264. The molecule has 0 aliphatic carbocycles. The van der Waals surface area contributed by atoms with E-state index in [2.05, 4.69) is 17.1 Å². The van der Waals surface area contributed by atoms with E-state index in [0.717, 1.165) is 24.3 Å². The molecule has 5 nitrogen and oxygen atoms in total. The maximum Gasteiger partial charge on any atom is 0.234 e. The maximum atomic E-state index is 12.2. The molecule has 0 radical (unpaired) electrons. The van der Waals surface area contributed by atoms with E-state index in [4.69, 9.17) is 10.5 Å². The summed E-state index contributed by atoms with van der Waals surface area (Å²) in [5.41, 5.74) is 6.91. The van der Waals surface area contributed by atoms with Crippen LogP contribution >= 0.6 is 12.4 Å². The van der Waals surface area contributed by atoms with Crippen LogP contribution in [0.2, 0.25) is 0 Å². The van der Waals surface area contributed by atoms with Crippen molar-refractivity contribution >= 4 is 18.3 Å². The minimum absolute atomic E-state index is 0. The summed E-state index contributed by atoms with van der Waals surface area (Å²) in [5.74, 6) is 1.42. The Labute approximate surface area is 145 Å². The first-order valence-corrected chi connectivity index (χ1v) is 7.97. The van der Waals surface area contributed by atoms with Crippen molar-refractivity contribution in [3.05, 3.63) is 29.8 Å². The van der Waals surface area contributed by atoms with Crippen LogP contribution in [0.4, 0.5) is 0 Å². The van der Waals surface area contributed by atoms with Gasteiger partial charge in [-0.15, -0.1) is 12.4 Å². The van der Waals surface area contributed by atoms with Gasteiger partial charge < -0.3 is 15.8 Å². The molecular weight excluding hydrogens is 314 g/mol. The third kappa shape index (κ3) is 5.68. The van der Waals surface area contributed by atoms with Crippen molar-refractivity contribution in [2.45, 2.75) is 32.4 Å². The summed E-state index contributed by atoms with van der Waals surface area (Å²) in [6, 6.07) is 8.06. The molecule has 1 saturated heterocycles. The Morgan fingerprint density at radius 3 is 2.96 bits per heavy atom. The van der Waals surface area contributed by atoms with Crippen molar-refractivity contribution in [3.8, 4) is 5.75 Å². The van der Waals surface area contributed by atoms with Crippen LogP contribution in [-0.4, -0.2) is 43.6 Å². The van der Waals surface area contributed by atoms with Crippen LogP contribution in [-0.2, 0) is 11.3 Å². The molecule has 1 aromatic rings.